The fraction of sp³-hybridized carbons (Fsp3) is 0.833. The molecule has 0 aliphatic carbocycles. The molecule has 1 saturated heterocycles. The van der Waals surface area contributed by atoms with E-state index in [4.69, 9.17) is 0 Å². The fourth-order valence-electron chi connectivity index (χ4n) is 2.24. The molecular formula is C12H23N. The van der Waals surface area contributed by atoms with Gasteiger partial charge in [-0.1, -0.05) is 18.6 Å². The van der Waals surface area contributed by atoms with Crippen molar-refractivity contribution in [2.24, 2.45) is 0 Å². The van der Waals surface area contributed by atoms with E-state index in [1.54, 1.807) is 5.57 Å². The van der Waals surface area contributed by atoms with E-state index in [1.807, 2.05) is 0 Å². The maximum Gasteiger partial charge on any atom is 0.0198 e. The van der Waals surface area contributed by atoms with E-state index in [0.717, 1.165) is 6.04 Å². The standard InChI is InChI=1S/C12H23N/c1-5-11-7-8-12(6-2)13(9-11)10(3)4/h5,10,12H,6-9H2,1-4H3/b11-5-. The number of hydrogen-bond acceptors (Lipinski definition) is 1. The summed E-state index contributed by atoms with van der Waals surface area (Å²) in [5.41, 5.74) is 1.62. The minimum Gasteiger partial charge on any atom is -0.294 e. The number of piperidine rings is 1. The lowest BCUT2D eigenvalue weighted by molar-refractivity contribution is 0.134. The molecule has 0 saturated carbocycles. The smallest absolute Gasteiger partial charge is 0.0198 e. The summed E-state index contributed by atoms with van der Waals surface area (Å²) < 4.78 is 0. The zero-order chi connectivity index (χ0) is 9.84. The van der Waals surface area contributed by atoms with E-state index in [0.29, 0.717) is 6.04 Å². The van der Waals surface area contributed by atoms with Crippen molar-refractivity contribution in [3.05, 3.63) is 11.6 Å². The molecule has 1 unspecified atom stereocenters. The van der Waals surface area contributed by atoms with Crippen LogP contribution in [0.2, 0.25) is 0 Å². The second-order valence-corrected chi connectivity index (χ2v) is 4.31. The lowest BCUT2D eigenvalue weighted by Gasteiger charge is -2.39. The highest BCUT2D eigenvalue weighted by Crippen LogP contribution is 2.24. The third kappa shape index (κ3) is 2.57. The van der Waals surface area contributed by atoms with Crippen molar-refractivity contribution in [3.8, 4) is 0 Å². The van der Waals surface area contributed by atoms with Gasteiger partial charge in [0.2, 0.25) is 0 Å². The molecule has 0 aromatic rings. The Kier molecular flexibility index (Phi) is 3.98. The van der Waals surface area contributed by atoms with E-state index < -0.39 is 0 Å². The molecule has 1 fully saturated rings. The Morgan fingerprint density at radius 2 is 2.23 bits per heavy atom. The Balaban J connectivity index is 2.63. The molecule has 1 aliphatic rings. The number of allylic oxidation sites excluding steroid dienone is 1. The van der Waals surface area contributed by atoms with Crippen molar-refractivity contribution in [2.45, 2.75) is 59.0 Å². The van der Waals surface area contributed by atoms with Crippen molar-refractivity contribution >= 4 is 0 Å². The van der Waals surface area contributed by atoms with Crippen LogP contribution in [-0.4, -0.2) is 23.5 Å². The first kappa shape index (κ1) is 10.8. The lowest BCUT2D eigenvalue weighted by atomic mass is 9.94. The zero-order valence-corrected chi connectivity index (χ0v) is 9.51. The highest BCUT2D eigenvalue weighted by atomic mass is 15.2. The minimum absolute atomic E-state index is 0.695. The number of rotatable bonds is 2. The Labute approximate surface area is 82.8 Å². The van der Waals surface area contributed by atoms with E-state index in [1.165, 1.54) is 25.8 Å². The van der Waals surface area contributed by atoms with Gasteiger partial charge in [-0.15, -0.1) is 0 Å². The number of hydrogen-bond donors (Lipinski definition) is 0. The second kappa shape index (κ2) is 4.80. The molecule has 0 bridgehead atoms. The van der Waals surface area contributed by atoms with Gasteiger partial charge in [0.05, 0.1) is 0 Å². The van der Waals surface area contributed by atoms with Crippen LogP contribution in [0.3, 0.4) is 0 Å². The maximum atomic E-state index is 2.64. The number of likely N-dealkylation sites (tertiary alicyclic amines) is 1. The molecule has 1 atom stereocenters. The van der Waals surface area contributed by atoms with Crippen molar-refractivity contribution < 1.29 is 0 Å². The van der Waals surface area contributed by atoms with Gasteiger partial charge in [0.15, 0.2) is 0 Å². The summed E-state index contributed by atoms with van der Waals surface area (Å²) >= 11 is 0. The average Bonchev–Trinajstić information content (AvgIpc) is 2.16. The molecule has 0 aromatic heterocycles. The molecule has 0 amide bonds. The third-order valence-corrected chi connectivity index (χ3v) is 3.20. The first-order valence-corrected chi connectivity index (χ1v) is 5.58. The van der Waals surface area contributed by atoms with Crippen LogP contribution in [0.25, 0.3) is 0 Å². The SMILES string of the molecule is C/C=C1/CCC(CC)N(C(C)C)C1. The van der Waals surface area contributed by atoms with Crippen LogP contribution in [-0.2, 0) is 0 Å². The van der Waals surface area contributed by atoms with Gasteiger partial charge >= 0.3 is 0 Å². The van der Waals surface area contributed by atoms with Crippen molar-refractivity contribution in [1.82, 2.24) is 4.90 Å². The van der Waals surface area contributed by atoms with Gasteiger partial charge in [-0.25, -0.2) is 0 Å². The molecule has 1 nitrogen and oxygen atoms in total. The molecule has 76 valence electrons. The zero-order valence-electron chi connectivity index (χ0n) is 9.51. The largest absolute Gasteiger partial charge is 0.294 e. The molecule has 0 aromatic carbocycles. The summed E-state index contributed by atoms with van der Waals surface area (Å²) in [6, 6.07) is 1.52. The van der Waals surface area contributed by atoms with Gasteiger partial charge in [0, 0.05) is 18.6 Å². The van der Waals surface area contributed by atoms with Gasteiger partial charge in [0.1, 0.15) is 0 Å². The molecule has 1 rings (SSSR count). The van der Waals surface area contributed by atoms with Crippen LogP contribution in [0, 0.1) is 0 Å². The van der Waals surface area contributed by atoms with E-state index in [-0.39, 0.29) is 0 Å². The second-order valence-electron chi connectivity index (χ2n) is 4.31. The Morgan fingerprint density at radius 3 is 2.69 bits per heavy atom. The molecule has 13 heavy (non-hydrogen) atoms. The normalized spacial score (nSPS) is 28.7. The Morgan fingerprint density at radius 1 is 1.54 bits per heavy atom. The van der Waals surface area contributed by atoms with Crippen LogP contribution in [0.4, 0.5) is 0 Å². The van der Waals surface area contributed by atoms with E-state index >= 15 is 0 Å². The quantitative estimate of drug-likeness (QED) is 0.591. The predicted octanol–water partition coefficient (Wildman–Crippen LogP) is 3.22. The van der Waals surface area contributed by atoms with Gasteiger partial charge in [-0.05, 0) is 40.0 Å². The summed E-state index contributed by atoms with van der Waals surface area (Å²) in [5, 5.41) is 0. The summed E-state index contributed by atoms with van der Waals surface area (Å²) in [4.78, 5) is 2.64. The molecule has 0 spiro atoms. The molecule has 0 N–H and O–H groups in total. The Bertz CT molecular complexity index is 182. The van der Waals surface area contributed by atoms with Crippen LogP contribution >= 0.6 is 0 Å². The van der Waals surface area contributed by atoms with Crippen LogP contribution in [0.5, 0.6) is 0 Å². The summed E-state index contributed by atoms with van der Waals surface area (Å²) in [6.07, 6.45) is 6.27. The molecule has 1 aliphatic heterocycles. The van der Waals surface area contributed by atoms with Crippen molar-refractivity contribution in [3.63, 3.8) is 0 Å². The first-order chi connectivity index (χ1) is 6.19. The van der Waals surface area contributed by atoms with Crippen molar-refractivity contribution in [2.75, 3.05) is 6.54 Å². The number of nitrogens with zero attached hydrogens (tertiary/aromatic N) is 1. The maximum absolute atomic E-state index is 2.64. The molecule has 0 radical (unpaired) electrons. The van der Waals surface area contributed by atoms with E-state index in [2.05, 4.69) is 38.7 Å². The molecule has 1 heteroatoms. The highest BCUT2D eigenvalue weighted by Gasteiger charge is 2.24. The fourth-order valence-corrected chi connectivity index (χ4v) is 2.24. The van der Waals surface area contributed by atoms with Crippen LogP contribution in [0.15, 0.2) is 11.6 Å². The topological polar surface area (TPSA) is 3.24 Å². The molecular weight excluding hydrogens is 158 g/mol. The monoisotopic (exact) mass is 181 g/mol. The van der Waals surface area contributed by atoms with Crippen molar-refractivity contribution in [1.29, 1.82) is 0 Å². The lowest BCUT2D eigenvalue weighted by Crippen LogP contribution is -2.44. The summed E-state index contributed by atoms with van der Waals surface area (Å²) in [5.74, 6) is 0. The average molecular weight is 181 g/mol. The molecule has 1 heterocycles. The minimum atomic E-state index is 0.695. The third-order valence-electron chi connectivity index (χ3n) is 3.20. The van der Waals surface area contributed by atoms with Gasteiger partial charge in [-0.3, -0.25) is 4.90 Å². The van der Waals surface area contributed by atoms with Gasteiger partial charge in [0.25, 0.3) is 0 Å². The Hall–Kier alpha value is -0.300. The summed E-state index contributed by atoms with van der Waals surface area (Å²) in [7, 11) is 0. The van der Waals surface area contributed by atoms with Crippen LogP contribution < -0.4 is 0 Å². The predicted molar refractivity (Wildman–Crippen MR) is 58.9 cm³/mol. The van der Waals surface area contributed by atoms with E-state index in [9.17, 15) is 0 Å². The summed E-state index contributed by atoms with van der Waals surface area (Å²) in [6.45, 7) is 10.3. The van der Waals surface area contributed by atoms with Crippen LogP contribution in [0.1, 0.15) is 47.0 Å². The van der Waals surface area contributed by atoms with Gasteiger partial charge in [-0.2, -0.15) is 0 Å². The first-order valence-electron chi connectivity index (χ1n) is 5.58. The van der Waals surface area contributed by atoms with Gasteiger partial charge < -0.3 is 0 Å². The highest BCUT2D eigenvalue weighted by molar-refractivity contribution is 5.08.